The highest BCUT2D eigenvalue weighted by Gasteiger charge is 2.45. The smallest absolute Gasteiger partial charge is 0.345 e. The lowest BCUT2D eigenvalue weighted by Gasteiger charge is -2.28. The van der Waals surface area contributed by atoms with E-state index < -0.39 is 19.2 Å². The Bertz CT molecular complexity index is 546. The van der Waals surface area contributed by atoms with Crippen molar-refractivity contribution in [2.75, 3.05) is 13.2 Å². The number of phenols is 1. The van der Waals surface area contributed by atoms with Crippen molar-refractivity contribution in [1.82, 2.24) is 0 Å². The molecular formula is C13H17O6P. The second-order valence-corrected chi connectivity index (χ2v) is 6.53. The van der Waals surface area contributed by atoms with E-state index in [0.29, 0.717) is 11.3 Å². The maximum absolute atomic E-state index is 12.7. The Labute approximate surface area is 117 Å². The molecule has 1 heterocycles. The van der Waals surface area contributed by atoms with Gasteiger partial charge < -0.3 is 18.9 Å². The number of benzene rings is 1. The van der Waals surface area contributed by atoms with Gasteiger partial charge in [0.05, 0.1) is 13.2 Å². The van der Waals surface area contributed by atoms with Crippen LogP contribution in [0.3, 0.4) is 0 Å². The SMILES string of the molecule is CCOP(=O)(OCC)C1Cc2cc(O)ccc2OC1=O. The van der Waals surface area contributed by atoms with Crippen molar-refractivity contribution in [1.29, 1.82) is 0 Å². The van der Waals surface area contributed by atoms with E-state index in [1.54, 1.807) is 13.8 Å². The topological polar surface area (TPSA) is 82.1 Å². The molecule has 1 aliphatic rings. The molecule has 1 aromatic carbocycles. The van der Waals surface area contributed by atoms with E-state index in [9.17, 15) is 14.5 Å². The third kappa shape index (κ3) is 2.87. The van der Waals surface area contributed by atoms with Crippen LogP contribution in [0.1, 0.15) is 19.4 Å². The largest absolute Gasteiger partial charge is 0.508 e. The summed E-state index contributed by atoms with van der Waals surface area (Å²) in [5.41, 5.74) is -0.397. The van der Waals surface area contributed by atoms with Crippen LogP contribution in [0.2, 0.25) is 0 Å². The van der Waals surface area contributed by atoms with Gasteiger partial charge in [0, 0.05) is 12.0 Å². The van der Waals surface area contributed by atoms with Gasteiger partial charge in [0.1, 0.15) is 11.5 Å². The molecule has 1 atom stereocenters. The van der Waals surface area contributed by atoms with Crippen molar-refractivity contribution in [3.63, 3.8) is 0 Å². The number of ether oxygens (including phenoxy) is 1. The second-order valence-electron chi connectivity index (χ2n) is 4.31. The van der Waals surface area contributed by atoms with Gasteiger partial charge in [-0.25, -0.2) is 0 Å². The van der Waals surface area contributed by atoms with E-state index in [1.807, 2.05) is 0 Å². The second kappa shape index (κ2) is 5.95. The quantitative estimate of drug-likeness (QED) is 0.511. The van der Waals surface area contributed by atoms with E-state index in [0.717, 1.165) is 0 Å². The van der Waals surface area contributed by atoms with Crippen LogP contribution in [0.5, 0.6) is 11.5 Å². The first-order valence-corrected chi connectivity index (χ1v) is 8.03. The van der Waals surface area contributed by atoms with Gasteiger partial charge in [0.2, 0.25) is 0 Å². The summed E-state index contributed by atoms with van der Waals surface area (Å²) < 4.78 is 28.2. The molecule has 0 aliphatic carbocycles. The van der Waals surface area contributed by atoms with Crippen LogP contribution in [0.15, 0.2) is 18.2 Å². The molecule has 0 spiro atoms. The molecule has 20 heavy (non-hydrogen) atoms. The molecule has 0 bridgehead atoms. The van der Waals surface area contributed by atoms with Crippen LogP contribution in [0.4, 0.5) is 0 Å². The van der Waals surface area contributed by atoms with Crippen molar-refractivity contribution in [3.05, 3.63) is 23.8 Å². The Morgan fingerprint density at radius 1 is 1.35 bits per heavy atom. The minimum Gasteiger partial charge on any atom is -0.508 e. The summed E-state index contributed by atoms with van der Waals surface area (Å²) in [6.45, 7) is 3.71. The maximum atomic E-state index is 12.7. The Morgan fingerprint density at radius 2 is 2.00 bits per heavy atom. The lowest BCUT2D eigenvalue weighted by molar-refractivity contribution is -0.135. The minimum atomic E-state index is -3.58. The standard InChI is InChI=1S/C13H17O6P/c1-3-17-20(16,18-4-2)12-8-9-7-10(14)5-6-11(9)19-13(12)15/h5-7,12,14H,3-4,8H2,1-2H3. The first-order valence-electron chi connectivity index (χ1n) is 6.42. The molecule has 1 aromatic rings. The number of carbonyl (C=O) groups is 1. The van der Waals surface area contributed by atoms with E-state index in [4.69, 9.17) is 13.8 Å². The van der Waals surface area contributed by atoms with Gasteiger partial charge in [-0.3, -0.25) is 9.36 Å². The van der Waals surface area contributed by atoms with E-state index in [2.05, 4.69) is 0 Å². The summed E-state index contributed by atoms with van der Waals surface area (Å²) in [5.74, 6) is -0.208. The van der Waals surface area contributed by atoms with Gasteiger partial charge in [-0.15, -0.1) is 0 Å². The van der Waals surface area contributed by atoms with Crippen LogP contribution in [-0.4, -0.2) is 29.9 Å². The highest BCUT2D eigenvalue weighted by Crippen LogP contribution is 2.56. The van der Waals surface area contributed by atoms with E-state index >= 15 is 0 Å². The van der Waals surface area contributed by atoms with Crippen LogP contribution in [0, 0.1) is 0 Å². The summed E-state index contributed by atoms with van der Waals surface area (Å²) in [6, 6.07) is 4.42. The number of carbonyl (C=O) groups excluding carboxylic acids is 1. The number of phenolic OH excluding ortho intramolecular Hbond substituents is 1. The first kappa shape index (κ1) is 15.0. The zero-order chi connectivity index (χ0) is 14.8. The number of aromatic hydroxyl groups is 1. The molecule has 0 fully saturated rings. The van der Waals surface area contributed by atoms with Gasteiger partial charge in [-0.05, 0) is 32.0 Å². The molecule has 6 nitrogen and oxygen atoms in total. The number of hydrogen-bond acceptors (Lipinski definition) is 6. The van der Waals surface area contributed by atoms with Crippen LogP contribution in [0.25, 0.3) is 0 Å². The van der Waals surface area contributed by atoms with Crippen molar-refractivity contribution >= 4 is 13.6 Å². The van der Waals surface area contributed by atoms with Gasteiger partial charge in [0.25, 0.3) is 0 Å². The Kier molecular flexibility index (Phi) is 4.48. The van der Waals surface area contributed by atoms with Crippen molar-refractivity contribution in [3.8, 4) is 11.5 Å². The molecule has 110 valence electrons. The predicted molar refractivity (Wildman–Crippen MR) is 72.1 cm³/mol. The van der Waals surface area contributed by atoms with Crippen molar-refractivity contribution in [2.24, 2.45) is 0 Å². The Morgan fingerprint density at radius 3 is 2.60 bits per heavy atom. The van der Waals surface area contributed by atoms with Crippen LogP contribution < -0.4 is 4.74 Å². The average molecular weight is 300 g/mol. The monoisotopic (exact) mass is 300 g/mol. The zero-order valence-corrected chi connectivity index (χ0v) is 12.3. The molecule has 0 radical (unpaired) electrons. The van der Waals surface area contributed by atoms with Gasteiger partial charge in [0.15, 0.2) is 5.66 Å². The molecular weight excluding hydrogens is 283 g/mol. The van der Waals surface area contributed by atoms with Crippen LogP contribution >= 0.6 is 7.60 Å². The fraction of sp³-hybridized carbons (Fsp3) is 0.462. The van der Waals surface area contributed by atoms with Crippen LogP contribution in [-0.2, 0) is 24.8 Å². The van der Waals surface area contributed by atoms with E-state index in [-0.39, 0.29) is 25.4 Å². The number of rotatable bonds is 5. The van der Waals surface area contributed by atoms with Gasteiger partial charge >= 0.3 is 13.6 Å². The lowest BCUT2D eigenvalue weighted by Crippen LogP contribution is -2.33. The summed E-state index contributed by atoms with van der Waals surface area (Å²) in [4.78, 5) is 12.0. The molecule has 7 heteroatoms. The van der Waals surface area contributed by atoms with Crippen molar-refractivity contribution in [2.45, 2.75) is 25.9 Å². The van der Waals surface area contributed by atoms with E-state index in [1.165, 1.54) is 18.2 Å². The highest BCUT2D eigenvalue weighted by atomic mass is 31.2. The molecule has 1 unspecified atom stereocenters. The summed E-state index contributed by atoms with van der Waals surface area (Å²) in [7, 11) is -3.58. The minimum absolute atomic E-state index is 0.0584. The highest BCUT2D eigenvalue weighted by molar-refractivity contribution is 7.55. The molecule has 0 saturated carbocycles. The van der Waals surface area contributed by atoms with Gasteiger partial charge in [-0.1, -0.05) is 0 Å². The molecule has 2 rings (SSSR count). The molecule has 1 N–H and O–H groups in total. The molecule has 0 amide bonds. The number of hydrogen-bond donors (Lipinski definition) is 1. The fourth-order valence-corrected chi connectivity index (χ4v) is 4.00. The average Bonchev–Trinajstić information content (AvgIpc) is 2.39. The van der Waals surface area contributed by atoms with Crippen molar-refractivity contribution < 1.29 is 28.3 Å². The maximum Gasteiger partial charge on any atom is 0.345 e. The lowest BCUT2D eigenvalue weighted by atomic mass is 10.1. The molecule has 0 saturated heterocycles. The normalized spacial score (nSPS) is 18.5. The summed E-state index contributed by atoms with van der Waals surface area (Å²) >= 11 is 0. The molecule has 1 aliphatic heterocycles. The zero-order valence-electron chi connectivity index (χ0n) is 11.4. The fourth-order valence-electron chi connectivity index (χ4n) is 2.11. The third-order valence-corrected chi connectivity index (χ3v) is 5.33. The third-order valence-electron chi connectivity index (χ3n) is 2.94. The summed E-state index contributed by atoms with van der Waals surface area (Å²) in [6.07, 6.45) is 0.153. The Balaban J connectivity index is 2.33. The number of fused-ring (bicyclic) bond motifs is 1. The molecule has 0 aromatic heterocycles. The van der Waals surface area contributed by atoms with Gasteiger partial charge in [-0.2, -0.15) is 0 Å². The Hall–Kier alpha value is -1.36. The predicted octanol–water partition coefficient (Wildman–Crippen LogP) is 2.49. The summed E-state index contributed by atoms with van der Waals surface area (Å²) in [5, 5.41) is 9.48. The number of esters is 1. The first-order chi connectivity index (χ1) is 9.50.